The fourth-order valence-corrected chi connectivity index (χ4v) is 1.96. The zero-order chi connectivity index (χ0) is 13.9. The molecule has 0 heterocycles. The van der Waals surface area contributed by atoms with Gasteiger partial charge in [0.05, 0.1) is 5.60 Å². The van der Waals surface area contributed by atoms with Gasteiger partial charge in [0.25, 0.3) is 0 Å². The van der Waals surface area contributed by atoms with Crippen LogP contribution >= 0.6 is 0 Å². The monoisotopic (exact) mass is 256 g/mol. The lowest BCUT2D eigenvalue weighted by Crippen LogP contribution is -2.23. The highest BCUT2D eigenvalue weighted by Gasteiger charge is 2.21. The number of rotatable bonds is 3. The normalized spacial score (nSPS) is 13.2. The molecule has 0 fully saturated rings. The minimum atomic E-state index is -0.238. The summed E-state index contributed by atoms with van der Waals surface area (Å²) in [5.41, 5.74) is 1.92. The maximum atomic E-state index is 9.40. The number of benzene rings is 2. The first-order valence-electron chi connectivity index (χ1n) is 6.47. The number of aromatic hydroxyl groups is 1. The molecule has 0 spiro atoms. The van der Waals surface area contributed by atoms with Gasteiger partial charge < -0.3 is 9.84 Å². The molecule has 0 bridgehead atoms. The first-order valence-corrected chi connectivity index (χ1v) is 6.47. The van der Waals surface area contributed by atoms with E-state index in [1.165, 1.54) is 0 Å². The van der Waals surface area contributed by atoms with Crippen molar-refractivity contribution in [2.75, 3.05) is 0 Å². The number of phenolic OH excluding ortho intramolecular Hbond substituents is 1. The Labute approximate surface area is 114 Å². The summed E-state index contributed by atoms with van der Waals surface area (Å²) >= 11 is 0. The third kappa shape index (κ3) is 3.83. The Bertz CT molecular complexity index is 509. The predicted octanol–water partition coefficient (Wildman–Crippen LogP) is 4.30. The SMILES string of the molecule is CC(C)(C)OC(c1ccccc1)c1ccc(O)cc1. The van der Waals surface area contributed by atoms with Crippen molar-refractivity contribution in [1.82, 2.24) is 0 Å². The van der Waals surface area contributed by atoms with E-state index < -0.39 is 0 Å². The van der Waals surface area contributed by atoms with E-state index in [-0.39, 0.29) is 17.5 Å². The molecule has 0 amide bonds. The van der Waals surface area contributed by atoms with Crippen LogP contribution in [0.2, 0.25) is 0 Å². The molecule has 2 aromatic carbocycles. The van der Waals surface area contributed by atoms with Gasteiger partial charge in [-0.2, -0.15) is 0 Å². The zero-order valence-electron chi connectivity index (χ0n) is 11.6. The zero-order valence-corrected chi connectivity index (χ0v) is 11.6. The van der Waals surface area contributed by atoms with Crippen molar-refractivity contribution in [3.8, 4) is 5.75 Å². The summed E-state index contributed by atoms with van der Waals surface area (Å²) in [6.45, 7) is 6.13. The van der Waals surface area contributed by atoms with E-state index >= 15 is 0 Å². The molecule has 2 rings (SSSR count). The van der Waals surface area contributed by atoms with Gasteiger partial charge in [-0.15, -0.1) is 0 Å². The van der Waals surface area contributed by atoms with Crippen LogP contribution in [0.5, 0.6) is 5.75 Å². The maximum absolute atomic E-state index is 9.40. The molecule has 0 saturated heterocycles. The van der Waals surface area contributed by atoms with Crippen LogP contribution in [-0.4, -0.2) is 10.7 Å². The van der Waals surface area contributed by atoms with E-state index in [0.29, 0.717) is 0 Å². The number of ether oxygens (including phenoxy) is 1. The highest BCUT2D eigenvalue weighted by atomic mass is 16.5. The smallest absolute Gasteiger partial charge is 0.115 e. The van der Waals surface area contributed by atoms with Crippen molar-refractivity contribution in [3.63, 3.8) is 0 Å². The molecule has 0 radical (unpaired) electrons. The molecule has 2 aromatic rings. The Balaban J connectivity index is 2.37. The molecule has 0 aliphatic heterocycles. The second kappa shape index (κ2) is 5.45. The first kappa shape index (κ1) is 13.6. The van der Waals surface area contributed by atoms with Crippen molar-refractivity contribution in [1.29, 1.82) is 0 Å². The average Bonchev–Trinajstić information content (AvgIpc) is 2.37. The standard InChI is InChI=1S/C17H20O2/c1-17(2,3)19-16(13-7-5-4-6-8-13)14-9-11-15(18)12-10-14/h4-12,16,18H,1-3H3. The van der Waals surface area contributed by atoms with Crippen molar-refractivity contribution in [2.45, 2.75) is 32.5 Å². The quantitative estimate of drug-likeness (QED) is 0.887. The molecule has 2 heteroatoms. The molecule has 0 aromatic heterocycles. The Hall–Kier alpha value is -1.80. The van der Waals surface area contributed by atoms with Crippen LogP contribution in [0.15, 0.2) is 54.6 Å². The molecule has 1 atom stereocenters. The van der Waals surface area contributed by atoms with Gasteiger partial charge in [0.1, 0.15) is 11.9 Å². The summed E-state index contributed by atoms with van der Waals surface area (Å²) in [6, 6.07) is 17.3. The van der Waals surface area contributed by atoms with E-state index in [9.17, 15) is 5.11 Å². The maximum Gasteiger partial charge on any atom is 0.115 e. The minimum Gasteiger partial charge on any atom is -0.508 e. The second-order valence-electron chi connectivity index (χ2n) is 5.61. The van der Waals surface area contributed by atoms with Gasteiger partial charge in [0.2, 0.25) is 0 Å². The summed E-state index contributed by atoms with van der Waals surface area (Å²) in [4.78, 5) is 0. The summed E-state index contributed by atoms with van der Waals surface area (Å²) in [7, 11) is 0. The Kier molecular flexibility index (Phi) is 3.91. The third-order valence-electron chi connectivity index (χ3n) is 2.77. The van der Waals surface area contributed by atoms with Gasteiger partial charge in [-0.1, -0.05) is 42.5 Å². The van der Waals surface area contributed by atoms with E-state index in [4.69, 9.17) is 4.74 Å². The van der Waals surface area contributed by atoms with Gasteiger partial charge >= 0.3 is 0 Å². The second-order valence-corrected chi connectivity index (χ2v) is 5.61. The molecular weight excluding hydrogens is 236 g/mol. The van der Waals surface area contributed by atoms with Crippen molar-refractivity contribution in [3.05, 3.63) is 65.7 Å². The molecule has 0 saturated carbocycles. The lowest BCUT2D eigenvalue weighted by Gasteiger charge is -2.28. The Morgan fingerprint density at radius 2 is 1.37 bits per heavy atom. The fourth-order valence-electron chi connectivity index (χ4n) is 1.96. The van der Waals surface area contributed by atoms with Crippen LogP contribution in [0.1, 0.15) is 38.0 Å². The van der Waals surface area contributed by atoms with Crippen LogP contribution in [0.4, 0.5) is 0 Å². The minimum absolute atomic E-state index is 0.123. The number of phenols is 1. The molecule has 2 nitrogen and oxygen atoms in total. The van der Waals surface area contributed by atoms with Gasteiger partial charge in [-0.05, 0) is 44.0 Å². The van der Waals surface area contributed by atoms with Crippen LogP contribution in [-0.2, 0) is 4.74 Å². The summed E-state index contributed by atoms with van der Waals surface area (Å²) in [5, 5.41) is 9.40. The first-order chi connectivity index (χ1) is 8.96. The van der Waals surface area contributed by atoms with Gasteiger partial charge in [0, 0.05) is 0 Å². The molecule has 19 heavy (non-hydrogen) atoms. The number of hydrogen-bond donors (Lipinski definition) is 1. The topological polar surface area (TPSA) is 29.5 Å². The lowest BCUT2D eigenvalue weighted by atomic mass is 10.00. The molecule has 0 aliphatic rings. The predicted molar refractivity (Wildman–Crippen MR) is 77.2 cm³/mol. The molecular formula is C17H20O2. The Morgan fingerprint density at radius 1 is 0.842 bits per heavy atom. The van der Waals surface area contributed by atoms with Crippen LogP contribution in [0.3, 0.4) is 0 Å². The van der Waals surface area contributed by atoms with E-state index in [0.717, 1.165) is 11.1 Å². The average molecular weight is 256 g/mol. The molecule has 1 unspecified atom stereocenters. The largest absolute Gasteiger partial charge is 0.508 e. The van der Waals surface area contributed by atoms with Crippen LogP contribution in [0.25, 0.3) is 0 Å². The highest BCUT2D eigenvalue weighted by Crippen LogP contribution is 2.31. The van der Waals surface area contributed by atoms with Gasteiger partial charge in [-0.3, -0.25) is 0 Å². The van der Waals surface area contributed by atoms with Crippen molar-refractivity contribution < 1.29 is 9.84 Å². The van der Waals surface area contributed by atoms with Crippen LogP contribution in [0, 0.1) is 0 Å². The van der Waals surface area contributed by atoms with Gasteiger partial charge in [0.15, 0.2) is 0 Å². The fraction of sp³-hybridized carbons (Fsp3) is 0.294. The third-order valence-corrected chi connectivity index (χ3v) is 2.77. The summed E-state index contributed by atoms with van der Waals surface area (Å²) < 4.78 is 6.17. The van der Waals surface area contributed by atoms with E-state index in [1.807, 2.05) is 51.1 Å². The lowest BCUT2D eigenvalue weighted by molar-refractivity contribution is -0.0429. The molecule has 1 N–H and O–H groups in total. The van der Waals surface area contributed by atoms with Crippen LogP contribution < -0.4 is 0 Å². The van der Waals surface area contributed by atoms with Gasteiger partial charge in [-0.25, -0.2) is 0 Å². The van der Waals surface area contributed by atoms with E-state index in [1.54, 1.807) is 12.1 Å². The van der Waals surface area contributed by atoms with E-state index in [2.05, 4.69) is 12.1 Å². The van der Waals surface area contributed by atoms with Crippen molar-refractivity contribution >= 4 is 0 Å². The molecule has 100 valence electrons. The summed E-state index contributed by atoms with van der Waals surface area (Å²) in [6.07, 6.45) is -0.123. The highest BCUT2D eigenvalue weighted by molar-refractivity contribution is 5.33. The van der Waals surface area contributed by atoms with Crippen molar-refractivity contribution in [2.24, 2.45) is 0 Å². The Morgan fingerprint density at radius 3 is 1.89 bits per heavy atom. The number of hydrogen-bond acceptors (Lipinski definition) is 2. The molecule has 0 aliphatic carbocycles. The summed E-state index contributed by atoms with van der Waals surface area (Å²) in [5.74, 6) is 0.270.